The maximum absolute atomic E-state index is 13.2. The van der Waals surface area contributed by atoms with Crippen LogP contribution in [0, 0.1) is 12.3 Å². The number of hydrogen-bond acceptors (Lipinski definition) is 5. The van der Waals surface area contributed by atoms with Gasteiger partial charge in [0, 0.05) is 19.5 Å². The number of piperidine rings is 2. The Bertz CT molecular complexity index is 837. The van der Waals surface area contributed by atoms with E-state index in [0.29, 0.717) is 17.8 Å². The molecule has 1 amide bonds. The minimum atomic E-state index is 0.0157. The van der Waals surface area contributed by atoms with E-state index in [0.717, 1.165) is 51.3 Å². The molecule has 3 fully saturated rings. The average molecular weight is 380 g/mol. The Morgan fingerprint density at radius 1 is 1.18 bits per heavy atom. The first-order chi connectivity index (χ1) is 13.6. The van der Waals surface area contributed by atoms with Gasteiger partial charge in [0.1, 0.15) is 0 Å². The van der Waals surface area contributed by atoms with Crippen LogP contribution in [0.4, 0.5) is 0 Å². The lowest BCUT2D eigenvalue weighted by atomic mass is 9.67. The van der Waals surface area contributed by atoms with E-state index in [2.05, 4.69) is 44.2 Å². The topological polar surface area (TPSA) is 62.5 Å². The molecule has 0 radical (unpaired) electrons. The Kier molecular flexibility index (Phi) is 4.46. The predicted molar refractivity (Wildman–Crippen MR) is 105 cm³/mol. The van der Waals surface area contributed by atoms with Crippen LogP contribution < -0.4 is 0 Å². The second-order valence-electron chi connectivity index (χ2n) is 8.87. The van der Waals surface area contributed by atoms with Crippen LogP contribution in [-0.4, -0.2) is 51.5 Å². The normalized spacial score (nSPS) is 25.4. The molecule has 6 nitrogen and oxygen atoms in total. The van der Waals surface area contributed by atoms with Crippen molar-refractivity contribution in [1.82, 2.24) is 19.9 Å². The first-order valence-electron chi connectivity index (χ1n) is 10.5. The highest BCUT2D eigenvalue weighted by molar-refractivity contribution is 5.85. The quantitative estimate of drug-likeness (QED) is 0.815. The van der Waals surface area contributed by atoms with Crippen LogP contribution in [0.5, 0.6) is 0 Å². The second-order valence-corrected chi connectivity index (χ2v) is 8.87. The molecule has 2 saturated heterocycles. The number of benzene rings is 1. The Morgan fingerprint density at radius 2 is 1.93 bits per heavy atom. The van der Waals surface area contributed by atoms with E-state index in [-0.39, 0.29) is 11.3 Å². The summed E-state index contributed by atoms with van der Waals surface area (Å²) in [6.45, 7) is 5.58. The highest BCUT2D eigenvalue weighted by Crippen LogP contribution is 2.48. The van der Waals surface area contributed by atoms with Crippen molar-refractivity contribution >= 4 is 5.91 Å². The van der Waals surface area contributed by atoms with Gasteiger partial charge < -0.3 is 9.42 Å². The fourth-order valence-electron chi connectivity index (χ4n) is 5.02. The Labute approximate surface area is 165 Å². The summed E-state index contributed by atoms with van der Waals surface area (Å²) in [5.74, 6) is 1.76. The van der Waals surface area contributed by atoms with Gasteiger partial charge in [-0.25, -0.2) is 0 Å². The molecular weight excluding hydrogens is 352 g/mol. The molecule has 3 heterocycles. The molecule has 1 saturated carbocycles. The van der Waals surface area contributed by atoms with Gasteiger partial charge in [-0.3, -0.25) is 9.69 Å². The molecule has 1 aromatic carbocycles. The minimum Gasteiger partial charge on any atom is -0.340 e. The van der Waals surface area contributed by atoms with Crippen molar-refractivity contribution in [3.05, 3.63) is 47.6 Å². The fraction of sp³-hybridized carbons (Fsp3) is 0.591. The maximum Gasteiger partial charge on any atom is 0.230 e. The molecule has 3 aliphatic rings. The third-order valence-electron chi connectivity index (χ3n) is 6.77. The Balaban J connectivity index is 1.32. The molecule has 28 heavy (non-hydrogen) atoms. The second kappa shape index (κ2) is 6.99. The molecule has 0 bridgehead atoms. The average Bonchev–Trinajstić information content (AvgIpc) is 3.48. The molecule has 2 aromatic rings. The SMILES string of the molecule is Cc1nc(CN2CCC3(CC2)C[C@H](c2ccccc2)C(=O)N(C2CC2)C3)no1. The summed E-state index contributed by atoms with van der Waals surface area (Å²) in [5.41, 5.74) is 1.42. The summed E-state index contributed by atoms with van der Waals surface area (Å²) in [4.78, 5) is 22.2. The highest BCUT2D eigenvalue weighted by Gasteiger charge is 2.49. The summed E-state index contributed by atoms with van der Waals surface area (Å²) in [6, 6.07) is 10.9. The molecule has 6 heteroatoms. The van der Waals surface area contributed by atoms with Gasteiger partial charge in [0.05, 0.1) is 12.5 Å². The molecule has 0 unspecified atom stereocenters. The van der Waals surface area contributed by atoms with Gasteiger partial charge in [-0.05, 0) is 56.2 Å². The standard InChI is InChI=1S/C22H28N4O2/c1-16-23-20(24-28-16)14-25-11-9-22(10-12-25)13-19(17-5-3-2-4-6-17)21(27)26(15-22)18-7-8-18/h2-6,18-19H,7-15H2,1H3/t19-/m1/s1. The van der Waals surface area contributed by atoms with E-state index >= 15 is 0 Å². The summed E-state index contributed by atoms with van der Waals surface area (Å²) < 4.78 is 5.11. The van der Waals surface area contributed by atoms with Crippen LogP contribution in [-0.2, 0) is 11.3 Å². The van der Waals surface area contributed by atoms with E-state index in [9.17, 15) is 4.79 Å². The van der Waals surface area contributed by atoms with Crippen molar-refractivity contribution in [2.24, 2.45) is 5.41 Å². The van der Waals surface area contributed by atoms with Gasteiger partial charge in [-0.1, -0.05) is 35.5 Å². The van der Waals surface area contributed by atoms with Crippen LogP contribution in [0.3, 0.4) is 0 Å². The van der Waals surface area contributed by atoms with Gasteiger partial charge >= 0.3 is 0 Å². The van der Waals surface area contributed by atoms with Crippen molar-refractivity contribution < 1.29 is 9.32 Å². The molecule has 5 rings (SSSR count). The number of rotatable bonds is 4. The van der Waals surface area contributed by atoms with E-state index in [1.165, 1.54) is 18.4 Å². The molecular formula is C22H28N4O2. The highest BCUT2D eigenvalue weighted by atomic mass is 16.5. The summed E-state index contributed by atoms with van der Waals surface area (Å²) in [7, 11) is 0. The van der Waals surface area contributed by atoms with Crippen LogP contribution in [0.15, 0.2) is 34.9 Å². The summed E-state index contributed by atoms with van der Waals surface area (Å²) in [5, 5.41) is 4.04. The first-order valence-corrected chi connectivity index (χ1v) is 10.5. The number of amides is 1. The lowest BCUT2D eigenvalue weighted by molar-refractivity contribution is -0.142. The Hall–Kier alpha value is -2.21. The molecule has 1 aromatic heterocycles. The number of likely N-dealkylation sites (tertiary alicyclic amines) is 2. The predicted octanol–water partition coefficient (Wildman–Crippen LogP) is 3.14. The number of nitrogens with zero attached hydrogens (tertiary/aromatic N) is 4. The van der Waals surface area contributed by atoms with Crippen LogP contribution >= 0.6 is 0 Å². The van der Waals surface area contributed by atoms with E-state index in [1.54, 1.807) is 0 Å². The van der Waals surface area contributed by atoms with Crippen molar-refractivity contribution in [1.29, 1.82) is 0 Å². The van der Waals surface area contributed by atoms with Crippen molar-refractivity contribution in [2.45, 2.75) is 57.5 Å². The smallest absolute Gasteiger partial charge is 0.230 e. The summed E-state index contributed by atoms with van der Waals surface area (Å²) in [6.07, 6.45) is 5.58. The van der Waals surface area contributed by atoms with Gasteiger partial charge in [0.15, 0.2) is 5.82 Å². The number of hydrogen-bond donors (Lipinski definition) is 0. The van der Waals surface area contributed by atoms with Crippen LogP contribution in [0.1, 0.15) is 55.3 Å². The van der Waals surface area contributed by atoms with Crippen molar-refractivity contribution in [2.75, 3.05) is 19.6 Å². The lowest BCUT2D eigenvalue weighted by Gasteiger charge is -2.50. The van der Waals surface area contributed by atoms with E-state index in [1.807, 2.05) is 13.0 Å². The maximum atomic E-state index is 13.2. The number of carbonyl (C=O) groups excluding carboxylic acids is 1. The lowest BCUT2D eigenvalue weighted by Crippen LogP contribution is -2.54. The molecule has 0 N–H and O–H groups in total. The largest absolute Gasteiger partial charge is 0.340 e. The molecule has 1 atom stereocenters. The monoisotopic (exact) mass is 380 g/mol. The summed E-state index contributed by atoms with van der Waals surface area (Å²) >= 11 is 0. The number of aromatic nitrogens is 2. The van der Waals surface area contributed by atoms with Gasteiger partial charge in [0.25, 0.3) is 0 Å². The zero-order valence-corrected chi connectivity index (χ0v) is 16.5. The fourth-order valence-corrected chi connectivity index (χ4v) is 5.02. The molecule has 1 spiro atoms. The van der Waals surface area contributed by atoms with Gasteiger partial charge in [0.2, 0.25) is 11.8 Å². The van der Waals surface area contributed by atoms with Gasteiger partial charge in [-0.15, -0.1) is 0 Å². The number of carbonyl (C=O) groups is 1. The minimum absolute atomic E-state index is 0.0157. The van der Waals surface area contributed by atoms with E-state index in [4.69, 9.17) is 4.52 Å². The number of aryl methyl sites for hydroxylation is 1. The van der Waals surface area contributed by atoms with Crippen molar-refractivity contribution in [3.8, 4) is 0 Å². The van der Waals surface area contributed by atoms with Crippen molar-refractivity contribution in [3.63, 3.8) is 0 Å². The molecule has 1 aliphatic carbocycles. The van der Waals surface area contributed by atoms with Gasteiger partial charge in [-0.2, -0.15) is 4.98 Å². The molecule has 2 aliphatic heterocycles. The van der Waals surface area contributed by atoms with Crippen LogP contribution in [0.25, 0.3) is 0 Å². The zero-order chi connectivity index (χ0) is 19.1. The van der Waals surface area contributed by atoms with E-state index < -0.39 is 0 Å². The Morgan fingerprint density at radius 3 is 2.57 bits per heavy atom. The van der Waals surface area contributed by atoms with Crippen LogP contribution in [0.2, 0.25) is 0 Å². The first kappa shape index (κ1) is 17.9. The third kappa shape index (κ3) is 3.46. The third-order valence-corrected chi connectivity index (χ3v) is 6.77. The molecule has 148 valence electrons. The zero-order valence-electron chi connectivity index (χ0n) is 16.5.